The van der Waals surface area contributed by atoms with Crippen molar-refractivity contribution < 1.29 is 19.1 Å². The molecule has 1 aliphatic carbocycles. The van der Waals surface area contributed by atoms with Gasteiger partial charge < -0.3 is 19.7 Å². The maximum atomic E-state index is 13.3. The lowest BCUT2D eigenvalue weighted by atomic mass is 9.62. The first-order valence-corrected chi connectivity index (χ1v) is 9.66. The second-order valence-electron chi connectivity index (χ2n) is 7.81. The number of benzene rings is 1. The zero-order chi connectivity index (χ0) is 17.7. The topological polar surface area (TPSA) is 67.9 Å². The fourth-order valence-electron chi connectivity index (χ4n) is 5.32. The van der Waals surface area contributed by atoms with Crippen LogP contribution in [0.5, 0.6) is 5.75 Å². The Morgan fingerprint density at radius 3 is 2.85 bits per heavy atom. The minimum Gasteiger partial charge on any atom is -0.467 e. The number of nitrogens with zero attached hydrogens (tertiary/aromatic N) is 1. The van der Waals surface area contributed by atoms with Gasteiger partial charge in [0.2, 0.25) is 11.8 Å². The molecule has 6 nitrogen and oxygen atoms in total. The average molecular weight is 356 g/mol. The van der Waals surface area contributed by atoms with E-state index in [2.05, 4.69) is 5.32 Å². The largest absolute Gasteiger partial charge is 0.467 e. The second kappa shape index (κ2) is 5.98. The first-order chi connectivity index (χ1) is 12.7. The molecule has 3 heterocycles. The van der Waals surface area contributed by atoms with Crippen LogP contribution in [0.3, 0.4) is 0 Å². The number of piperidine rings is 1. The molecular weight excluding hydrogens is 332 g/mol. The van der Waals surface area contributed by atoms with Crippen LogP contribution in [-0.4, -0.2) is 48.7 Å². The molecule has 4 aliphatic rings. The van der Waals surface area contributed by atoms with Gasteiger partial charge in [0.15, 0.2) is 5.72 Å². The standard InChI is InChI=1S/C20H24N2O4/c23-18-17(19(24)22-9-11-25-12-10-22)16-13-5-1-2-7-15(13)26-20(21-18)8-4-3-6-14(16)20/h1-2,5,7,14,16-17H,3-4,6,8-12H2,(H,21,23)/t14-,16-,17+,20-/m1/s1. The maximum Gasteiger partial charge on any atom is 0.236 e. The summed E-state index contributed by atoms with van der Waals surface area (Å²) in [6.07, 6.45) is 3.94. The van der Waals surface area contributed by atoms with Crippen molar-refractivity contribution in [3.05, 3.63) is 29.8 Å². The maximum absolute atomic E-state index is 13.3. The third-order valence-corrected chi connectivity index (χ3v) is 6.48. The molecule has 3 aliphatic heterocycles. The predicted octanol–water partition coefficient (Wildman–Crippen LogP) is 1.65. The summed E-state index contributed by atoms with van der Waals surface area (Å²) in [4.78, 5) is 28.2. The molecule has 0 unspecified atom stereocenters. The molecule has 26 heavy (non-hydrogen) atoms. The number of hydrogen-bond donors (Lipinski definition) is 1. The summed E-state index contributed by atoms with van der Waals surface area (Å²) in [5.74, 6) is -0.0567. The predicted molar refractivity (Wildman–Crippen MR) is 93.5 cm³/mol. The van der Waals surface area contributed by atoms with E-state index in [9.17, 15) is 9.59 Å². The lowest BCUT2D eigenvalue weighted by Gasteiger charge is -2.56. The Balaban J connectivity index is 1.58. The highest BCUT2D eigenvalue weighted by atomic mass is 16.5. The van der Waals surface area contributed by atoms with Crippen molar-refractivity contribution >= 4 is 11.8 Å². The van der Waals surface area contributed by atoms with Gasteiger partial charge in [0.25, 0.3) is 0 Å². The van der Waals surface area contributed by atoms with Crippen molar-refractivity contribution in [1.82, 2.24) is 10.2 Å². The number of fused-ring (bicyclic) bond motifs is 2. The number of ether oxygens (including phenoxy) is 2. The lowest BCUT2D eigenvalue weighted by molar-refractivity contribution is -0.167. The van der Waals surface area contributed by atoms with E-state index in [0.29, 0.717) is 26.3 Å². The average Bonchev–Trinajstić information content (AvgIpc) is 2.67. The molecule has 1 aromatic carbocycles. The molecule has 1 saturated carbocycles. The second-order valence-corrected chi connectivity index (χ2v) is 7.81. The summed E-state index contributed by atoms with van der Waals surface area (Å²) in [7, 11) is 0. The van der Waals surface area contributed by atoms with Crippen molar-refractivity contribution in [1.29, 1.82) is 0 Å². The van der Waals surface area contributed by atoms with E-state index in [-0.39, 0.29) is 23.7 Å². The summed E-state index contributed by atoms with van der Waals surface area (Å²) in [5, 5.41) is 3.13. The number of rotatable bonds is 1. The number of amides is 2. The number of nitrogens with one attached hydrogen (secondary N) is 1. The third-order valence-electron chi connectivity index (χ3n) is 6.48. The van der Waals surface area contributed by atoms with Gasteiger partial charge in [-0.05, 0) is 24.5 Å². The van der Waals surface area contributed by atoms with E-state index in [1.165, 1.54) is 0 Å². The van der Waals surface area contributed by atoms with Crippen LogP contribution in [0.4, 0.5) is 0 Å². The lowest BCUT2D eigenvalue weighted by Crippen LogP contribution is -2.70. The van der Waals surface area contributed by atoms with Crippen LogP contribution in [0, 0.1) is 11.8 Å². The van der Waals surface area contributed by atoms with E-state index in [4.69, 9.17) is 9.47 Å². The van der Waals surface area contributed by atoms with Gasteiger partial charge in [-0.2, -0.15) is 0 Å². The van der Waals surface area contributed by atoms with Crippen molar-refractivity contribution in [2.24, 2.45) is 11.8 Å². The van der Waals surface area contributed by atoms with Crippen LogP contribution < -0.4 is 10.1 Å². The van der Waals surface area contributed by atoms with Crippen LogP contribution in [0.15, 0.2) is 24.3 Å². The normalized spacial score (nSPS) is 35.6. The summed E-state index contributed by atoms with van der Waals surface area (Å²) in [6.45, 7) is 2.20. The van der Waals surface area contributed by atoms with E-state index in [0.717, 1.165) is 37.0 Å². The number of hydrogen-bond acceptors (Lipinski definition) is 4. The van der Waals surface area contributed by atoms with Crippen LogP contribution in [0.2, 0.25) is 0 Å². The van der Waals surface area contributed by atoms with E-state index < -0.39 is 11.6 Å². The van der Waals surface area contributed by atoms with Gasteiger partial charge in [0.1, 0.15) is 11.7 Å². The van der Waals surface area contributed by atoms with Gasteiger partial charge in [-0.1, -0.05) is 24.6 Å². The van der Waals surface area contributed by atoms with Crippen LogP contribution in [0.1, 0.15) is 37.2 Å². The van der Waals surface area contributed by atoms with Gasteiger partial charge in [0.05, 0.1) is 13.2 Å². The highest BCUT2D eigenvalue weighted by molar-refractivity contribution is 6.02. The fourth-order valence-corrected chi connectivity index (χ4v) is 5.32. The van der Waals surface area contributed by atoms with Gasteiger partial charge in [-0.15, -0.1) is 0 Å². The monoisotopic (exact) mass is 356 g/mol. The van der Waals surface area contributed by atoms with Crippen molar-refractivity contribution in [3.63, 3.8) is 0 Å². The Labute approximate surface area is 152 Å². The summed E-state index contributed by atoms with van der Waals surface area (Å²) in [5.41, 5.74) is 0.368. The molecule has 4 atom stereocenters. The first-order valence-electron chi connectivity index (χ1n) is 9.66. The third kappa shape index (κ3) is 2.28. The number of carbonyl (C=O) groups is 2. The molecule has 0 radical (unpaired) electrons. The van der Waals surface area contributed by atoms with Gasteiger partial charge >= 0.3 is 0 Å². The molecule has 6 heteroatoms. The quantitative estimate of drug-likeness (QED) is 0.777. The molecule has 0 spiro atoms. The molecule has 2 saturated heterocycles. The SMILES string of the molecule is O=C1N[C@@]23CCCC[C@@H]2[C@@H](c2ccccc2O3)[C@@H]1C(=O)N1CCOCC1. The molecule has 0 aromatic heterocycles. The minimum atomic E-state index is -0.672. The molecule has 2 bridgehead atoms. The zero-order valence-corrected chi connectivity index (χ0v) is 14.8. The number of morpholine rings is 1. The molecule has 3 fully saturated rings. The smallest absolute Gasteiger partial charge is 0.236 e. The Morgan fingerprint density at radius 2 is 2.00 bits per heavy atom. The van der Waals surface area contributed by atoms with Crippen molar-refractivity contribution in [3.8, 4) is 5.75 Å². The summed E-state index contributed by atoms with van der Waals surface area (Å²) >= 11 is 0. The zero-order valence-electron chi connectivity index (χ0n) is 14.8. The number of para-hydroxylation sites is 1. The fraction of sp³-hybridized carbons (Fsp3) is 0.600. The van der Waals surface area contributed by atoms with Crippen molar-refractivity contribution in [2.45, 2.75) is 37.3 Å². The van der Waals surface area contributed by atoms with E-state index in [1.54, 1.807) is 4.90 Å². The van der Waals surface area contributed by atoms with Crippen molar-refractivity contribution in [2.75, 3.05) is 26.3 Å². The Kier molecular flexibility index (Phi) is 3.71. The van der Waals surface area contributed by atoms with Crippen LogP contribution in [-0.2, 0) is 14.3 Å². The van der Waals surface area contributed by atoms with Crippen LogP contribution >= 0.6 is 0 Å². The molecule has 2 amide bonds. The van der Waals surface area contributed by atoms with Gasteiger partial charge in [-0.3, -0.25) is 9.59 Å². The molecule has 5 rings (SSSR count). The molecule has 138 valence electrons. The molecule has 1 aromatic rings. The van der Waals surface area contributed by atoms with Crippen LogP contribution in [0.25, 0.3) is 0 Å². The molecule has 1 N–H and O–H groups in total. The van der Waals surface area contributed by atoms with E-state index >= 15 is 0 Å². The Morgan fingerprint density at radius 1 is 1.19 bits per heavy atom. The summed E-state index contributed by atoms with van der Waals surface area (Å²) < 4.78 is 11.7. The number of carbonyl (C=O) groups excluding carboxylic acids is 2. The highest BCUT2D eigenvalue weighted by Crippen LogP contribution is 2.55. The minimum absolute atomic E-state index is 0.0633. The van der Waals surface area contributed by atoms with Gasteiger partial charge in [-0.25, -0.2) is 0 Å². The Hall–Kier alpha value is -2.08. The summed E-state index contributed by atoms with van der Waals surface area (Å²) in [6, 6.07) is 7.91. The van der Waals surface area contributed by atoms with Gasteiger partial charge in [0, 0.05) is 31.3 Å². The first kappa shape index (κ1) is 16.1. The Bertz CT molecular complexity index is 745. The molecular formula is C20H24N2O4. The highest BCUT2D eigenvalue weighted by Gasteiger charge is 2.61. The van der Waals surface area contributed by atoms with E-state index in [1.807, 2.05) is 24.3 Å².